The van der Waals surface area contributed by atoms with E-state index >= 15 is 0 Å². The maximum Gasteiger partial charge on any atom is 0.00397 e. The summed E-state index contributed by atoms with van der Waals surface area (Å²) in [7, 11) is 0. The summed E-state index contributed by atoms with van der Waals surface area (Å²) in [6.45, 7) is 0. The number of rotatable bonds is 0. The van der Waals surface area contributed by atoms with Gasteiger partial charge in [-0.2, -0.15) is 18.2 Å². The molecule has 0 saturated carbocycles. The molecule has 70 valence electrons. The molecule has 0 atom stereocenters. The molecule has 0 aliphatic carbocycles. The third-order valence-corrected chi connectivity index (χ3v) is 0.693. The van der Waals surface area contributed by atoms with Crippen LogP contribution < -0.4 is 0 Å². The first kappa shape index (κ1) is 22.4. The van der Waals surface area contributed by atoms with E-state index in [-0.39, 0.29) is 44.5 Å². The quantitative estimate of drug-likeness (QED) is 0.500. The van der Waals surface area contributed by atoms with Gasteiger partial charge < -0.3 is 27.4 Å². The molecule has 2 heteroatoms. The Morgan fingerprint density at radius 3 is 1.82 bits per heavy atom. The minimum Gasteiger partial charge on any atom is -0.534 e. The molecule has 0 aliphatic heterocycles. The monoisotopic (exact) mass is 196 g/mol. The molecule has 0 aromatic heterocycles. The van der Waals surface area contributed by atoms with Gasteiger partial charge in [0.05, 0.1) is 0 Å². The molecular weight excluding hydrogens is 183 g/mol. The van der Waals surface area contributed by atoms with Gasteiger partial charge in [0.25, 0.3) is 0 Å². The molecule has 0 unspecified atom stereocenters. The number of hydrogen-bond donors (Lipinski definition) is 1. The van der Waals surface area contributed by atoms with Gasteiger partial charge in [0, 0.05) is 22.2 Å². The van der Waals surface area contributed by atoms with Crippen molar-refractivity contribution in [3.05, 3.63) is 52.6 Å². The Labute approximate surface area is 80.4 Å². The average molecular weight is 197 g/mol. The second-order valence-corrected chi connectivity index (χ2v) is 1.25. The molecule has 1 N–H and O–H groups in total. The molecule has 0 aliphatic rings. The predicted molar refractivity (Wildman–Crippen MR) is 46.2 cm³/mol. The first-order chi connectivity index (χ1) is 3.39. The van der Waals surface area contributed by atoms with Crippen molar-refractivity contribution in [3.63, 3.8) is 0 Å². The van der Waals surface area contributed by atoms with Gasteiger partial charge >= 0.3 is 0 Å². The summed E-state index contributed by atoms with van der Waals surface area (Å²) in [5.74, 6) is 0.197. The first-order valence-electron chi connectivity index (χ1n) is 2.05. The van der Waals surface area contributed by atoms with Crippen molar-refractivity contribution in [3.8, 4) is 5.75 Å². The van der Waals surface area contributed by atoms with Crippen LogP contribution in [0.25, 0.3) is 0 Å². The fourth-order valence-corrected chi connectivity index (χ4v) is 0.384. The molecule has 0 saturated heterocycles. The van der Waals surface area contributed by atoms with Crippen molar-refractivity contribution in [2.24, 2.45) is 0 Å². The number of phenols is 1. The van der Waals surface area contributed by atoms with E-state index in [1.165, 1.54) is 0 Å². The van der Waals surface area contributed by atoms with E-state index in [1.54, 1.807) is 24.3 Å². The topological polar surface area (TPSA) is 20.2 Å². The van der Waals surface area contributed by atoms with Gasteiger partial charge in [-0.1, -0.05) is 0 Å². The second-order valence-electron chi connectivity index (χ2n) is 1.25. The SMILES string of the molecule is Oc1[c-]cccc1.[CH3-].[CH3-].[CH3-].[Ni]. The van der Waals surface area contributed by atoms with E-state index in [9.17, 15) is 0 Å². The Morgan fingerprint density at radius 2 is 1.64 bits per heavy atom. The largest absolute Gasteiger partial charge is 0.534 e. The van der Waals surface area contributed by atoms with Crippen LogP contribution in [0.1, 0.15) is 0 Å². The first-order valence-corrected chi connectivity index (χ1v) is 2.05. The van der Waals surface area contributed by atoms with Crippen molar-refractivity contribution in [1.29, 1.82) is 0 Å². The van der Waals surface area contributed by atoms with Crippen LogP contribution in [0.3, 0.4) is 0 Å². The van der Waals surface area contributed by atoms with E-state index in [4.69, 9.17) is 5.11 Å². The van der Waals surface area contributed by atoms with Crippen LogP contribution in [0.15, 0.2) is 24.3 Å². The van der Waals surface area contributed by atoms with Crippen molar-refractivity contribution >= 4 is 0 Å². The summed E-state index contributed by atoms with van der Waals surface area (Å²) in [5.41, 5.74) is 0. The minimum atomic E-state index is 0. The van der Waals surface area contributed by atoms with Crippen molar-refractivity contribution < 1.29 is 21.6 Å². The summed E-state index contributed by atoms with van der Waals surface area (Å²) in [4.78, 5) is 0. The van der Waals surface area contributed by atoms with Crippen LogP contribution in [0, 0.1) is 28.3 Å². The zero-order valence-corrected chi connectivity index (χ0v) is 8.06. The molecule has 1 rings (SSSR count). The fraction of sp³-hybridized carbons (Fsp3) is 0. The molecule has 1 nitrogen and oxygen atoms in total. The van der Waals surface area contributed by atoms with Gasteiger partial charge in [-0.3, -0.25) is 0 Å². The maximum atomic E-state index is 8.58. The van der Waals surface area contributed by atoms with Gasteiger partial charge in [-0.25, -0.2) is 0 Å². The Bertz CT molecular complexity index is 139. The Balaban J connectivity index is -0.0000000612. The van der Waals surface area contributed by atoms with Crippen LogP contribution in [-0.2, 0) is 16.5 Å². The van der Waals surface area contributed by atoms with Gasteiger partial charge in [0.1, 0.15) is 0 Å². The molecular formula is C9H14NiO-4. The molecule has 1 aromatic carbocycles. The molecule has 1 aromatic rings. The minimum absolute atomic E-state index is 0. The number of para-hydroxylation sites is 1. The number of hydrogen-bond acceptors (Lipinski definition) is 1. The van der Waals surface area contributed by atoms with E-state index in [0.717, 1.165) is 0 Å². The van der Waals surface area contributed by atoms with Crippen molar-refractivity contribution in [2.45, 2.75) is 0 Å². The molecule has 0 fully saturated rings. The Hall–Kier alpha value is -0.486. The second kappa shape index (κ2) is 12.2. The van der Waals surface area contributed by atoms with Crippen LogP contribution in [0.4, 0.5) is 0 Å². The standard InChI is InChI=1S/C6H5O.3CH3.Ni/c7-6-4-2-1-3-5-6;;;;/h1-4,7H;3*1H3;/q4*-1;. The van der Waals surface area contributed by atoms with Crippen LogP contribution in [0.5, 0.6) is 5.75 Å². The summed E-state index contributed by atoms with van der Waals surface area (Å²) >= 11 is 0. The maximum absolute atomic E-state index is 8.58. The fourth-order valence-electron chi connectivity index (χ4n) is 0.384. The van der Waals surface area contributed by atoms with Gasteiger partial charge in [0.2, 0.25) is 0 Å². The normalized spacial score (nSPS) is 5.45. The Kier molecular flexibility index (Phi) is 24.9. The van der Waals surface area contributed by atoms with Crippen LogP contribution >= 0.6 is 0 Å². The molecule has 0 radical (unpaired) electrons. The van der Waals surface area contributed by atoms with Crippen LogP contribution in [-0.4, -0.2) is 5.11 Å². The third-order valence-electron chi connectivity index (χ3n) is 0.693. The summed E-state index contributed by atoms with van der Waals surface area (Å²) in [6, 6.07) is 9.39. The van der Waals surface area contributed by atoms with E-state index in [0.29, 0.717) is 0 Å². The number of aromatic hydroxyl groups is 1. The summed E-state index contributed by atoms with van der Waals surface area (Å²) in [6.07, 6.45) is 0. The van der Waals surface area contributed by atoms with Gasteiger partial charge in [-0.05, 0) is 0 Å². The molecule has 0 bridgehead atoms. The molecule has 0 heterocycles. The zero-order valence-electron chi connectivity index (χ0n) is 7.07. The number of benzene rings is 1. The van der Waals surface area contributed by atoms with Gasteiger partial charge in [0.15, 0.2) is 0 Å². The van der Waals surface area contributed by atoms with Gasteiger partial charge in [-0.15, -0.1) is 12.1 Å². The van der Waals surface area contributed by atoms with Crippen molar-refractivity contribution in [2.75, 3.05) is 0 Å². The smallest absolute Gasteiger partial charge is 0.00397 e. The molecule has 0 spiro atoms. The molecule has 11 heavy (non-hydrogen) atoms. The van der Waals surface area contributed by atoms with E-state index < -0.39 is 0 Å². The third kappa shape index (κ3) is 9.51. The summed E-state index contributed by atoms with van der Waals surface area (Å²) in [5, 5.41) is 8.58. The van der Waals surface area contributed by atoms with Crippen LogP contribution in [0.2, 0.25) is 0 Å². The predicted octanol–water partition coefficient (Wildman–Crippen LogP) is 2.54. The molecule has 0 amide bonds. The Morgan fingerprint density at radius 1 is 1.09 bits per heavy atom. The summed E-state index contributed by atoms with van der Waals surface area (Å²) < 4.78 is 0. The van der Waals surface area contributed by atoms with Crippen molar-refractivity contribution in [1.82, 2.24) is 0 Å². The average Bonchev–Trinajstić information content (AvgIpc) is 1.69. The van der Waals surface area contributed by atoms with E-state index in [2.05, 4.69) is 6.07 Å². The zero-order chi connectivity index (χ0) is 5.11. The number of phenolic OH excluding ortho intramolecular Hbond substituents is 1. The van der Waals surface area contributed by atoms with E-state index in [1.807, 2.05) is 0 Å².